The molecule has 1 saturated heterocycles. The van der Waals surface area contributed by atoms with Crippen LogP contribution in [-0.4, -0.2) is 49.8 Å². The molecule has 0 aromatic heterocycles. The van der Waals surface area contributed by atoms with Crippen LogP contribution in [0.15, 0.2) is 30.3 Å². The first-order valence-corrected chi connectivity index (χ1v) is 8.94. The molecule has 1 aliphatic rings. The maximum atomic E-state index is 12.6. The topological polar surface area (TPSA) is 67.9 Å². The molecule has 1 N–H and O–H groups in total. The highest BCUT2D eigenvalue weighted by molar-refractivity contribution is 5.74. The maximum Gasteiger partial charge on any atom is 0.317 e. The number of amides is 2. The zero-order valence-electron chi connectivity index (χ0n) is 14.9. The molecule has 6 nitrogen and oxygen atoms in total. The summed E-state index contributed by atoms with van der Waals surface area (Å²) in [5, 5.41) is 2.95. The highest BCUT2D eigenvalue weighted by atomic mass is 16.5. The zero-order chi connectivity index (χ0) is 17.9. The molecule has 1 aromatic rings. The largest absolute Gasteiger partial charge is 0.469 e. The van der Waals surface area contributed by atoms with Gasteiger partial charge in [0.15, 0.2) is 0 Å². The number of carbonyl (C=O) groups excluding carboxylic acids is 2. The summed E-state index contributed by atoms with van der Waals surface area (Å²) in [6.07, 6.45) is 4.01. The van der Waals surface area contributed by atoms with E-state index in [9.17, 15) is 9.59 Å². The van der Waals surface area contributed by atoms with E-state index in [1.54, 1.807) is 0 Å². The monoisotopic (exact) mass is 348 g/mol. The third-order valence-corrected chi connectivity index (χ3v) is 4.26. The second-order valence-electron chi connectivity index (χ2n) is 6.27. The number of methoxy groups -OCH3 is 1. The van der Waals surface area contributed by atoms with E-state index >= 15 is 0 Å². The van der Waals surface area contributed by atoms with Crippen molar-refractivity contribution in [2.75, 3.05) is 26.8 Å². The van der Waals surface area contributed by atoms with E-state index in [1.165, 1.54) is 7.11 Å². The van der Waals surface area contributed by atoms with Crippen molar-refractivity contribution < 1.29 is 19.1 Å². The number of hydrogen-bond donors (Lipinski definition) is 1. The molecule has 138 valence electrons. The summed E-state index contributed by atoms with van der Waals surface area (Å²) >= 11 is 0. The van der Waals surface area contributed by atoms with Gasteiger partial charge in [0.05, 0.1) is 13.2 Å². The van der Waals surface area contributed by atoms with Crippen molar-refractivity contribution in [2.24, 2.45) is 0 Å². The Bertz CT molecular complexity index is 529. The number of carbonyl (C=O) groups is 2. The molecular formula is C19H28N2O4. The van der Waals surface area contributed by atoms with Gasteiger partial charge in [0.2, 0.25) is 0 Å². The fourth-order valence-electron chi connectivity index (χ4n) is 2.86. The minimum atomic E-state index is -0.213. The first-order valence-electron chi connectivity index (χ1n) is 8.94. The Hall–Kier alpha value is -2.08. The van der Waals surface area contributed by atoms with Crippen molar-refractivity contribution in [1.82, 2.24) is 10.2 Å². The Morgan fingerprint density at radius 3 is 2.76 bits per heavy atom. The number of ether oxygens (including phenoxy) is 2. The molecule has 25 heavy (non-hydrogen) atoms. The van der Waals surface area contributed by atoms with Gasteiger partial charge < -0.3 is 19.7 Å². The summed E-state index contributed by atoms with van der Waals surface area (Å²) in [5.74, 6) is -0.213. The molecule has 0 bridgehead atoms. The third-order valence-electron chi connectivity index (χ3n) is 4.26. The second-order valence-corrected chi connectivity index (χ2v) is 6.27. The van der Waals surface area contributed by atoms with E-state index < -0.39 is 0 Å². The van der Waals surface area contributed by atoms with Gasteiger partial charge in [0.1, 0.15) is 0 Å². The molecule has 1 unspecified atom stereocenters. The van der Waals surface area contributed by atoms with Crippen molar-refractivity contribution in [3.05, 3.63) is 35.9 Å². The highest BCUT2D eigenvalue weighted by Crippen LogP contribution is 2.15. The predicted octanol–water partition coefficient (Wildman–Crippen LogP) is 2.72. The van der Waals surface area contributed by atoms with Crippen LogP contribution in [0.1, 0.15) is 37.7 Å². The minimum Gasteiger partial charge on any atom is -0.469 e. The molecule has 0 aliphatic carbocycles. The van der Waals surface area contributed by atoms with Crippen molar-refractivity contribution in [3.63, 3.8) is 0 Å². The normalized spacial score (nSPS) is 16.4. The van der Waals surface area contributed by atoms with Crippen molar-refractivity contribution in [2.45, 2.75) is 44.8 Å². The highest BCUT2D eigenvalue weighted by Gasteiger charge is 2.22. The Labute approximate surface area is 149 Å². The minimum absolute atomic E-state index is 0.0857. The number of urea groups is 1. The lowest BCUT2D eigenvalue weighted by Gasteiger charge is -2.26. The molecule has 0 saturated carbocycles. The SMILES string of the molecule is COC(=O)CCCCNC(=O)N(Cc1ccccc1)CC1CCCO1. The van der Waals surface area contributed by atoms with Crippen molar-refractivity contribution in [3.8, 4) is 0 Å². The average Bonchev–Trinajstić information content (AvgIpc) is 3.14. The van der Waals surface area contributed by atoms with Gasteiger partial charge in [0, 0.05) is 32.7 Å². The van der Waals surface area contributed by atoms with E-state index in [0.717, 1.165) is 31.4 Å². The van der Waals surface area contributed by atoms with E-state index in [1.807, 2.05) is 35.2 Å². The quantitative estimate of drug-likeness (QED) is 0.550. The zero-order valence-corrected chi connectivity index (χ0v) is 14.9. The Kier molecular flexibility index (Phi) is 8.25. The summed E-state index contributed by atoms with van der Waals surface area (Å²) in [7, 11) is 1.39. The van der Waals surface area contributed by atoms with Crippen LogP contribution in [0.4, 0.5) is 4.79 Å². The molecule has 2 amide bonds. The lowest BCUT2D eigenvalue weighted by Crippen LogP contribution is -2.43. The van der Waals surface area contributed by atoms with Gasteiger partial charge in [-0.05, 0) is 31.2 Å². The predicted molar refractivity (Wildman–Crippen MR) is 95.1 cm³/mol. The van der Waals surface area contributed by atoms with Crippen molar-refractivity contribution >= 4 is 12.0 Å². The van der Waals surface area contributed by atoms with E-state index in [2.05, 4.69) is 10.1 Å². The molecule has 0 spiro atoms. The number of benzene rings is 1. The van der Waals surface area contributed by atoms with E-state index in [0.29, 0.717) is 32.5 Å². The number of nitrogens with zero attached hydrogens (tertiary/aromatic N) is 1. The standard InChI is InChI=1S/C19H28N2O4/c1-24-18(22)11-5-6-12-20-19(23)21(15-17-10-7-13-25-17)14-16-8-3-2-4-9-16/h2-4,8-9,17H,5-7,10-15H2,1H3,(H,20,23). The molecule has 1 heterocycles. The Balaban J connectivity index is 1.80. The summed E-state index contributed by atoms with van der Waals surface area (Å²) in [6, 6.07) is 9.87. The number of esters is 1. The van der Waals surface area contributed by atoms with Gasteiger partial charge in [-0.2, -0.15) is 0 Å². The molecule has 1 aliphatic heterocycles. The first-order chi connectivity index (χ1) is 12.2. The third kappa shape index (κ3) is 7.13. The van der Waals surface area contributed by atoms with Gasteiger partial charge in [0.25, 0.3) is 0 Å². The van der Waals surface area contributed by atoms with Crippen molar-refractivity contribution in [1.29, 1.82) is 0 Å². The molecule has 6 heteroatoms. The summed E-state index contributed by atoms with van der Waals surface area (Å²) in [5.41, 5.74) is 1.10. The molecule has 2 rings (SSSR count). The van der Waals surface area contributed by atoms with Crippen LogP contribution in [0.2, 0.25) is 0 Å². The summed E-state index contributed by atoms with van der Waals surface area (Å²) < 4.78 is 10.3. The van der Waals surface area contributed by atoms with Crippen LogP contribution >= 0.6 is 0 Å². The number of hydrogen-bond acceptors (Lipinski definition) is 4. The van der Waals surface area contributed by atoms with Gasteiger partial charge in [-0.1, -0.05) is 30.3 Å². The number of rotatable bonds is 9. The fraction of sp³-hybridized carbons (Fsp3) is 0.579. The molecule has 1 aromatic carbocycles. The summed E-state index contributed by atoms with van der Waals surface area (Å²) in [4.78, 5) is 25.4. The maximum absolute atomic E-state index is 12.6. The molecule has 1 atom stereocenters. The van der Waals surface area contributed by atoms with Gasteiger partial charge in [-0.25, -0.2) is 4.79 Å². The van der Waals surface area contributed by atoms with Crippen LogP contribution in [0.5, 0.6) is 0 Å². The van der Waals surface area contributed by atoms with Crippen LogP contribution in [0.3, 0.4) is 0 Å². The van der Waals surface area contributed by atoms with E-state index in [4.69, 9.17) is 4.74 Å². The Morgan fingerprint density at radius 1 is 1.28 bits per heavy atom. The van der Waals surface area contributed by atoms with E-state index in [-0.39, 0.29) is 18.1 Å². The number of unbranched alkanes of at least 4 members (excludes halogenated alkanes) is 1. The summed E-state index contributed by atoms with van der Waals surface area (Å²) in [6.45, 7) is 2.49. The lowest BCUT2D eigenvalue weighted by atomic mass is 10.2. The van der Waals surface area contributed by atoms with Crippen LogP contribution in [0.25, 0.3) is 0 Å². The molecule has 1 fully saturated rings. The van der Waals surface area contributed by atoms with Gasteiger partial charge in [-0.3, -0.25) is 4.79 Å². The Morgan fingerprint density at radius 2 is 2.08 bits per heavy atom. The first kappa shape index (κ1) is 19.2. The molecular weight excluding hydrogens is 320 g/mol. The second kappa shape index (κ2) is 10.7. The molecule has 0 radical (unpaired) electrons. The average molecular weight is 348 g/mol. The van der Waals surface area contributed by atoms with Crippen LogP contribution < -0.4 is 5.32 Å². The van der Waals surface area contributed by atoms with Crippen LogP contribution in [-0.2, 0) is 20.8 Å². The van der Waals surface area contributed by atoms with Crippen LogP contribution in [0, 0.1) is 0 Å². The lowest BCUT2D eigenvalue weighted by molar-refractivity contribution is -0.140. The van der Waals surface area contributed by atoms with Gasteiger partial charge >= 0.3 is 12.0 Å². The smallest absolute Gasteiger partial charge is 0.317 e. The van der Waals surface area contributed by atoms with Gasteiger partial charge in [-0.15, -0.1) is 0 Å². The fourth-order valence-corrected chi connectivity index (χ4v) is 2.86. The number of nitrogens with one attached hydrogen (secondary N) is 1.